The number of nitrogens with zero attached hydrogens (tertiary/aromatic N) is 2. The van der Waals surface area contributed by atoms with E-state index in [1.54, 1.807) is 12.3 Å². The lowest BCUT2D eigenvalue weighted by Gasteiger charge is -2.60. The van der Waals surface area contributed by atoms with Gasteiger partial charge in [-0.2, -0.15) is 5.26 Å². The lowest BCUT2D eigenvalue weighted by Crippen LogP contribution is -2.61. The Morgan fingerprint density at radius 3 is 2.39 bits per heavy atom. The molecule has 4 atom stereocenters. The summed E-state index contributed by atoms with van der Waals surface area (Å²) in [5.74, 6) is 0.808. The fourth-order valence-electron chi connectivity index (χ4n) is 7.01. The van der Waals surface area contributed by atoms with Gasteiger partial charge in [0.1, 0.15) is 17.8 Å². The van der Waals surface area contributed by atoms with Crippen molar-refractivity contribution in [1.82, 2.24) is 9.97 Å². The predicted octanol–water partition coefficient (Wildman–Crippen LogP) is 9.46. The van der Waals surface area contributed by atoms with Crippen molar-refractivity contribution in [3.63, 3.8) is 0 Å². The molecule has 49 heavy (non-hydrogen) atoms. The van der Waals surface area contributed by atoms with Crippen LogP contribution >= 0.6 is 0 Å². The number of aromatic nitrogens is 2. The van der Waals surface area contributed by atoms with E-state index in [2.05, 4.69) is 27.9 Å². The summed E-state index contributed by atoms with van der Waals surface area (Å²) in [5, 5.41) is 13.4. The zero-order chi connectivity index (χ0) is 36.1. The summed E-state index contributed by atoms with van der Waals surface area (Å²) >= 11 is 0. The Balaban J connectivity index is 0.000000305. The van der Waals surface area contributed by atoms with Gasteiger partial charge in [-0.1, -0.05) is 119 Å². The molecule has 1 heterocycles. The van der Waals surface area contributed by atoms with Gasteiger partial charge in [0.2, 0.25) is 11.9 Å². The van der Waals surface area contributed by atoms with E-state index >= 15 is 0 Å². The van der Waals surface area contributed by atoms with Gasteiger partial charge in [0.15, 0.2) is 5.78 Å². The Hall–Kier alpha value is -5.22. The highest BCUT2D eigenvalue weighted by atomic mass is 16.5. The molecule has 2 aliphatic carbocycles. The van der Waals surface area contributed by atoms with Crippen LogP contribution in [0.2, 0.25) is 0 Å². The van der Waals surface area contributed by atoms with Gasteiger partial charge in [0, 0.05) is 23.1 Å². The monoisotopic (exact) mass is 658 g/mol. The van der Waals surface area contributed by atoms with Crippen molar-refractivity contribution in [3.05, 3.63) is 144 Å². The number of ether oxygens (including phenoxy) is 1. The van der Waals surface area contributed by atoms with Crippen LogP contribution in [0.25, 0.3) is 0 Å². The van der Waals surface area contributed by atoms with E-state index in [1.807, 2.05) is 133 Å². The first kappa shape index (κ1) is 38.2. The molecule has 1 aromatic heterocycles. The Labute approximate surface area is 292 Å². The Kier molecular flexibility index (Phi) is 13.5. The molecule has 4 unspecified atom stereocenters. The molecule has 1 saturated carbocycles. The van der Waals surface area contributed by atoms with Crippen molar-refractivity contribution in [3.8, 4) is 6.07 Å². The summed E-state index contributed by atoms with van der Waals surface area (Å²) in [6.45, 7) is 18.0. The fourth-order valence-corrected chi connectivity index (χ4v) is 7.01. The molecule has 0 radical (unpaired) electrons. The van der Waals surface area contributed by atoms with Gasteiger partial charge < -0.3 is 9.72 Å². The van der Waals surface area contributed by atoms with Crippen LogP contribution in [0.1, 0.15) is 83.2 Å². The number of aryl methyl sites for hydroxylation is 1. The molecule has 7 heteroatoms. The number of hydrogen-bond acceptors (Lipinski definition) is 5. The van der Waals surface area contributed by atoms with E-state index in [0.29, 0.717) is 24.7 Å². The number of allylic oxidation sites excluding steroid dienone is 8. The molecular formula is C42H50N4O3. The first-order valence-electron chi connectivity index (χ1n) is 17.0. The van der Waals surface area contributed by atoms with Gasteiger partial charge in [-0.05, 0) is 56.4 Å². The number of hydrogen-bond donors (Lipinski definition) is 2. The number of anilines is 1. The number of benzene rings is 2. The second kappa shape index (κ2) is 17.3. The third kappa shape index (κ3) is 7.76. The molecular weight excluding hydrogens is 608 g/mol. The summed E-state index contributed by atoms with van der Waals surface area (Å²) in [5.41, 5.74) is 1.97. The molecule has 3 aromatic rings. The third-order valence-electron chi connectivity index (χ3n) is 9.12. The van der Waals surface area contributed by atoms with Crippen molar-refractivity contribution in [1.29, 1.82) is 5.26 Å². The standard InChI is InChI=1S/C26H28N4O.C14H16O2.C2H6/c1-5-8-11-14-26(17-27)20-13-10-9-12-19(20)21-24(4,16-25(21,26)7-3)22(31)30-23-28-15-18(6-2)29-23;1-3-7-14(10-12(2)15)16-11-13-8-5-4-6-9-13;1-2/h5,7-15,21H,3,6,16H2,1-2,4H3,(H2,28,29,30,31);3-10H,11H2,1-2H3;1-2H3/b8-5-,14-11-;7-3-,14-10+;. The first-order chi connectivity index (χ1) is 23.6. The van der Waals surface area contributed by atoms with E-state index in [0.717, 1.165) is 28.8 Å². The van der Waals surface area contributed by atoms with Crippen LogP contribution in [-0.4, -0.2) is 21.7 Å². The quantitative estimate of drug-likeness (QED) is 0.0924. The van der Waals surface area contributed by atoms with Crippen molar-refractivity contribution >= 4 is 17.6 Å². The maximum Gasteiger partial charge on any atom is 0.233 e. The minimum atomic E-state index is -0.866. The lowest BCUT2D eigenvalue weighted by molar-refractivity contribution is -0.141. The van der Waals surface area contributed by atoms with Gasteiger partial charge in [0.05, 0.1) is 17.7 Å². The number of aromatic amines is 1. The number of nitrogens with one attached hydrogen (secondary N) is 2. The molecule has 0 saturated heterocycles. The highest BCUT2D eigenvalue weighted by Crippen LogP contribution is 2.77. The molecule has 256 valence electrons. The summed E-state index contributed by atoms with van der Waals surface area (Å²) in [6.07, 6.45) is 17.9. The number of carbonyl (C=O) groups is 2. The minimum absolute atomic E-state index is 0.0128. The Bertz CT molecular complexity index is 1760. The van der Waals surface area contributed by atoms with Gasteiger partial charge in [-0.15, -0.1) is 6.58 Å². The van der Waals surface area contributed by atoms with E-state index in [4.69, 9.17) is 4.74 Å². The van der Waals surface area contributed by atoms with Gasteiger partial charge in [-0.3, -0.25) is 14.9 Å². The second-order valence-electron chi connectivity index (χ2n) is 12.2. The number of carbonyl (C=O) groups excluding carboxylic acids is 2. The molecule has 7 nitrogen and oxygen atoms in total. The number of H-pyrrole nitrogens is 1. The number of amides is 1. The number of nitriles is 1. The minimum Gasteiger partial charge on any atom is -0.489 e. The topological polar surface area (TPSA) is 108 Å². The first-order valence-corrected chi connectivity index (χ1v) is 17.0. The number of ketones is 1. The SMILES string of the molecule is C/C=C\C(=C/C(C)=O)OCc1ccccc1.C=CC12CC(C)(C(=O)Nc3ncc(CC)[nH]3)C1c1ccccc1C2(C#N)/C=C\C=C/C.CC. The zero-order valence-corrected chi connectivity index (χ0v) is 29.9. The van der Waals surface area contributed by atoms with E-state index in [-0.39, 0.29) is 17.6 Å². The molecule has 0 spiro atoms. The van der Waals surface area contributed by atoms with E-state index < -0.39 is 16.2 Å². The maximum absolute atomic E-state index is 13.5. The normalized spacial score (nSPS) is 23.6. The van der Waals surface area contributed by atoms with E-state index in [9.17, 15) is 14.9 Å². The van der Waals surface area contributed by atoms with Gasteiger partial charge in [-0.25, -0.2) is 4.98 Å². The Morgan fingerprint density at radius 1 is 1.10 bits per heavy atom. The number of imidazole rings is 1. The van der Waals surface area contributed by atoms with Crippen molar-refractivity contribution < 1.29 is 14.3 Å². The van der Waals surface area contributed by atoms with Gasteiger partial charge >= 0.3 is 0 Å². The van der Waals surface area contributed by atoms with Crippen LogP contribution in [0.15, 0.2) is 122 Å². The summed E-state index contributed by atoms with van der Waals surface area (Å²) in [4.78, 5) is 31.8. The fraction of sp³-hybridized carbons (Fsp3) is 0.333. The molecule has 2 aromatic carbocycles. The van der Waals surface area contributed by atoms with Crippen LogP contribution in [0, 0.1) is 22.2 Å². The van der Waals surface area contributed by atoms with Gasteiger partial charge in [0.25, 0.3) is 0 Å². The van der Waals surface area contributed by atoms with Crippen LogP contribution in [0.4, 0.5) is 5.95 Å². The average molecular weight is 659 g/mol. The molecule has 1 fully saturated rings. The van der Waals surface area contributed by atoms with Crippen molar-refractivity contribution in [2.75, 3.05) is 5.32 Å². The maximum atomic E-state index is 13.5. The highest BCUT2D eigenvalue weighted by Gasteiger charge is 2.75. The van der Waals surface area contributed by atoms with Crippen LogP contribution < -0.4 is 5.32 Å². The summed E-state index contributed by atoms with van der Waals surface area (Å²) in [7, 11) is 0. The van der Waals surface area contributed by atoms with Crippen LogP contribution in [0.5, 0.6) is 0 Å². The average Bonchev–Trinajstić information content (AvgIpc) is 3.65. The largest absolute Gasteiger partial charge is 0.489 e. The third-order valence-corrected chi connectivity index (χ3v) is 9.12. The summed E-state index contributed by atoms with van der Waals surface area (Å²) < 4.78 is 5.53. The van der Waals surface area contributed by atoms with Crippen LogP contribution in [0.3, 0.4) is 0 Å². The molecule has 0 aliphatic heterocycles. The molecule has 0 bridgehead atoms. The summed E-state index contributed by atoms with van der Waals surface area (Å²) in [6, 6.07) is 20.5. The van der Waals surface area contributed by atoms with Crippen molar-refractivity contribution in [2.24, 2.45) is 10.8 Å². The molecule has 1 amide bonds. The smallest absolute Gasteiger partial charge is 0.233 e. The zero-order valence-electron chi connectivity index (χ0n) is 29.9. The highest BCUT2D eigenvalue weighted by molar-refractivity contribution is 5.96. The Morgan fingerprint density at radius 2 is 1.80 bits per heavy atom. The second-order valence-corrected chi connectivity index (χ2v) is 12.2. The van der Waals surface area contributed by atoms with Crippen LogP contribution in [-0.2, 0) is 32.8 Å². The van der Waals surface area contributed by atoms with E-state index in [1.165, 1.54) is 13.0 Å². The number of fused-ring (bicyclic) bond motifs is 3. The number of rotatable bonds is 11. The molecule has 2 aliphatic rings. The predicted molar refractivity (Wildman–Crippen MR) is 199 cm³/mol. The van der Waals surface area contributed by atoms with Crippen molar-refractivity contribution in [2.45, 2.75) is 79.2 Å². The molecule has 2 N–H and O–H groups in total. The molecule has 5 rings (SSSR count). The lowest BCUT2D eigenvalue weighted by atomic mass is 9.40.